The first kappa shape index (κ1) is 13.9. The Hall–Kier alpha value is -1.49. The zero-order valence-electron chi connectivity index (χ0n) is 10.7. The molecule has 5 nitrogen and oxygen atoms in total. The SMILES string of the molecule is NC(=O)C1(NC(=O)c2cc(Cl)c[nH]2)CCCCCC1. The predicted octanol–water partition coefficient (Wildman–Crippen LogP) is 1.98. The summed E-state index contributed by atoms with van der Waals surface area (Å²) in [4.78, 5) is 26.7. The lowest BCUT2D eigenvalue weighted by molar-refractivity contribution is -0.124. The predicted molar refractivity (Wildman–Crippen MR) is 72.9 cm³/mol. The van der Waals surface area contributed by atoms with Crippen molar-refractivity contribution < 1.29 is 9.59 Å². The van der Waals surface area contributed by atoms with Gasteiger partial charge < -0.3 is 16.0 Å². The Morgan fingerprint density at radius 3 is 2.37 bits per heavy atom. The van der Waals surface area contributed by atoms with E-state index in [0.717, 1.165) is 25.7 Å². The second kappa shape index (κ2) is 5.65. The Morgan fingerprint density at radius 1 is 1.26 bits per heavy atom. The van der Waals surface area contributed by atoms with Gasteiger partial charge in [0.2, 0.25) is 5.91 Å². The molecule has 2 amide bonds. The molecule has 19 heavy (non-hydrogen) atoms. The zero-order valence-corrected chi connectivity index (χ0v) is 11.4. The molecule has 0 atom stereocenters. The second-order valence-corrected chi connectivity index (χ2v) is 5.48. The first-order valence-electron chi connectivity index (χ1n) is 6.50. The number of carbonyl (C=O) groups is 2. The highest BCUT2D eigenvalue weighted by molar-refractivity contribution is 6.31. The molecule has 0 bridgehead atoms. The monoisotopic (exact) mass is 283 g/mol. The lowest BCUT2D eigenvalue weighted by Crippen LogP contribution is -2.57. The molecule has 104 valence electrons. The van der Waals surface area contributed by atoms with Crippen LogP contribution in [-0.2, 0) is 4.79 Å². The van der Waals surface area contributed by atoms with Crippen molar-refractivity contribution in [3.63, 3.8) is 0 Å². The van der Waals surface area contributed by atoms with Crippen LogP contribution in [0.1, 0.15) is 49.0 Å². The first-order valence-corrected chi connectivity index (χ1v) is 6.88. The van der Waals surface area contributed by atoms with E-state index in [1.165, 1.54) is 12.3 Å². The van der Waals surface area contributed by atoms with Crippen LogP contribution >= 0.6 is 11.6 Å². The number of aromatic nitrogens is 1. The van der Waals surface area contributed by atoms with Crippen LogP contribution in [0.15, 0.2) is 12.3 Å². The van der Waals surface area contributed by atoms with Crippen molar-refractivity contribution in [1.82, 2.24) is 10.3 Å². The van der Waals surface area contributed by atoms with Gasteiger partial charge in [0, 0.05) is 6.20 Å². The van der Waals surface area contributed by atoms with Crippen molar-refractivity contribution in [2.24, 2.45) is 5.73 Å². The molecule has 1 fully saturated rings. The fraction of sp³-hybridized carbons (Fsp3) is 0.538. The van der Waals surface area contributed by atoms with Crippen LogP contribution in [0.4, 0.5) is 0 Å². The molecule has 0 radical (unpaired) electrons. The summed E-state index contributed by atoms with van der Waals surface area (Å²) in [5, 5.41) is 3.26. The van der Waals surface area contributed by atoms with Crippen LogP contribution in [-0.4, -0.2) is 22.3 Å². The summed E-state index contributed by atoms with van der Waals surface area (Å²) >= 11 is 5.77. The Labute approximate surface area is 116 Å². The van der Waals surface area contributed by atoms with Gasteiger partial charge in [0.25, 0.3) is 5.91 Å². The minimum absolute atomic E-state index is 0.340. The number of hydrogen-bond donors (Lipinski definition) is 3. The van der Waals surface area contributed by atoms with Gasteiger partial charge in [-0.05, 0) is 18.9 Å². The second-order valence-electron chi connectivity index (χ2n) is 5.05. The zero-order chi connectivity index (χ0) is 13.9. The van der Waals surface area contributed by atoms with Gasteiger partial charge in [0.05, 0.1) is 5.02 Å². The topological polar surface area (TPSA) is 88.0 Å². The maximum absolute atomic E-state index is 12.1. The molecule has 0 unspecified atom stereocenters. The Kier molecular flexibility index (Phi) is 4.14. The van der Waals surface area contributed by atoms with Gasteiger partial charge in [-0.15, -0.1) is 0 Å². The first-order chi connectivity index (χ1) is 9.03. The maximum Gasteiger partial charge on any atom is 0.268 e. The molecule has 1 aromatic heterocycles. The normalized spacial score (nSPS) is 18.6. The maximum atomic E-state index is 12.1. The molecule has 1 heterocycles. The van der Waals surface area contributed by atoms with Crippen LogP contribution in [0.25, 0.3) is 0 Å². The number of H-pyrrole nitrogens is 1. The van der Waals surface area contributed by atoms with E-state index in [1.54, 1.807) is 0 Å². The smallest absolute Gasteiger partial charge is 0.268 e. The summed E-state index contributed by atoms with van der Waals surface area (Å²) in [5.74, 6) is -0.798. The summed E-state index contributed by atoms with van der Waals surface area (Å²) in [6.07, 6.45) is 6.66. The molecular weight excluding hydrogens is 266 g/mol. The van der Waals surface area contributed by atoms with Crippen molar-refractivity contribution in [3.8, 4) is 0 Å². The highest BCUT2D eigenvalue weighted by Gasteiger charge is 2.38. The van der Waals surface area contributed by atoms with E-state index >= 15 is 0 Å². The standard InChI is InChI=1S/C13H18ClN3O2/c14-9-7-10(16-8-9)11(18)17-13(12(15)19)5-3-1-2-4-6-13/h7-8,16H,1-6H2,(H2,15,19)(H,17,18). The Balaban J connectivity index is 2.16. The molecule has 4 N–H and O–H groups in total. The summed E-state index contributed by atoms with van der Waals surface area (Å²) in [7, 11) is 0. The molecule has 1 aliphatic rings. The fourth-order valence-corrected chi connectivity index (χ4v) is 2.71. The summed E-state index contributed by atoms with van der Waals surface area (Å²) in [6, 6.07) is 1.53. The third kappa shape index (κ3) is 3.10. The number of aromatic amines is 1. The van der Waals surface area contributed by atoms with E-state index in [4.69, 9.17) is 17.3 Å². The molecule has 1 aliphatic carbocycles. The number of halogens is 1. The van der Waals surface area contributed by atoms with Crippen LogP contribution in [0.5, 0.6) is 0 Å². The van der Waals surface area contributed by atoms with Gasteiger partial charge in [-0.2, -0.15) is 0 Å². The van der Waals surface area contributed by atoms with E-state index in [0.29, 0.717) is 23.6 Å². The van der Waals surface area contributed by atoms with Crippen LogP contribution in [0.2, 0.25) is 5.02 Å². The number of nitrogens with two attached hydrogens (primary N) is 1. The van der Waals surface area contributed by atoms with E-state index in [1.807, 2.05) is 0 Å². The molecule has 0 spiro atoms. The van der Waals surface area contributed by atoms with E-state index in [-0.39, 0.29) is 5.91 Å². The summed E-state index contributed by atoms with van der Waals surface area (Å²) in [6.45, 7) is 0. The van der Waals surface area contributed by atoms with Crippen LogP contribution < -0.4 is 11.1 Å². The van der Waals surface area contributed by atoms with Gasteiger partial charge in [0.15, 0.2) is 0 Å². The number of carbonyl (C=O) groups excluding carboxylic acids is 2. The summed E-state index contributed by atoms with van der Waals surface area (Å²) < 4.78 is 0. The van der Waals surface area contributed by atoms with Crippen LogP contribution in [0.3, 0.4) is 0 Å². The lowest BCUT2D eigenvalue weighted by atomic mass is 9.89. The van der Waals surface area contributed by atoms with Crippen molar-refractivity contribution >= 4 is 23.4 Å². The van der Waals surface area contributed by atoms with Gasteiger partial charge in [-0.1, -0.05) is 37.3 Å². The molecule has 1 aromatic rings. The van der Waals surface area contributed by atoms with Gasteiger partial charge in [0.1, 0.15) is 11.2 Å². The third-order valence-corrected chi connectivity index (χ3v) is 3.89. The Bertz CT molecular complexity index is 476. The highest BCUT2D eigenvalue weighted by Crippen LogP contribution is 2.27. The molecular formula is C13H18ClN3O2. The minimum atomic E-state index is -0.925. The number of primary amides is 1. The molecule has 6 heteroatoms. The fourth-order valence-electron chi connectivity index (χ4n) is 2.55. The van der Waals surface area contributed by atoms with Gasteiger partial charge >= 0.3 is 0 Å². The van der Waals surface area contributed by atoms with Crippen molar-refractivity contribution in [2.45, 2.75) is 44.1 Å². The van der Waals surface area contributed by atoms with Gasteiger partial charge in [-0.25, -0.2) is 0 Å². The summed E-state index contributed by atoms with van der Waals surface area (Å²) in [5.41, 5.74) is 4.93. The number of rotatable bonds is 3. The minimum Gasteiger partial charge on any atom is -0.368 e. The largest absolute Gasteiger partial charge is 0.368 e. The van der Waals surface area contributed by atoms with Crippen molar-refractivity contribution in [1.29, 1.82) is 0 Å². The molecule has 2 rings (SSSR count). The van der Waals surface area contributed by atoms with E-state index in [9.17, 15) is 9.59 Å². The van der Waals surface area contributed by atoms with E-state index in [2.05, 4.69) is 10.3 Å². The third-order valence-electron chi connectivity index (χ3n) is 3.67. The average Bonchev–Trinajstić information content (AvgIpc) is 2.65. The molecule has 0 aliphatic heterocycles. The lowest BCUT2D eigenvalue weighted by Gasteiger charge is -2.30. The van der Waals surface area contributed by atoms with Crippen molar-refractivity contribution in [3.05, 3.63) is 23.0 Å². The number of hydrogen-bond acceptors (Lipinski definition) is 2. The quantitative estimate of drug-likeness (QED) is 0.741. The molecule has 0 saturated heterocycles. The van der Waals surface area contributed by atoms with Crippen LogP contribution in [0, 0.1) is 0 Å². The number of amides is 2. The Morgan fingerprint density at radius 2 is 1.89 bits per heavy atom. The highest BCUT2D eigenvalue weighted by atomic mass is 35.5. The molecule has 0 aromatic carbocycles. The number of nitrogens with one attached hydrogen (secondary N) is 2. The van der Waals surface area contributed by atoms with Crippen molar-refractivity contribution in [2.75, 3.05) is 0 Å². The molecule has 1 saturated carbocycles. The van der Waals surface area contributed by atoms with Gasteiger partial charge in [-0.3, -0.25) is 9.59 Å². The van der Waals surface area contributed by atoms with E-state index < -0.39 is 11.4 Å². The average molecular weight is 284 g/mol.